The maximum Gasteiger partial charge on any atom is 0.197 e. The van der Waals surface area contributed by atoms with E-state index in [1.807, 2.05) is 6.92 Å². The van der Waals surface area contributed by atoms with Crippen LogP contribution in [0.25, 0.3) is 0 Å². The van der Waals surface area contributed by atoms with Crippen LogP contribution >= 0.6 is 11.6 Å². The summed E-state index contributed by atoms with van der Waals surface area (Å²) in [6.45, 7) is 2.49. The highest BCUT2D eigenvalue weighted by atomic mass is 35.5. The Bertz CT molecular complexity index is 804. The molecule has 1 aliphatic carbocycles. The zero-order chi connectivity index (χ0) is 16.6. The van der Waals surface area contributed by atoms with Gasteiger partial charge < -0.3 is 5.32 Å². The van der Waals surface area contributed by atoms with E-state index >= 15 is 0 Å². The molecule has 0 aliphatic heterocycles. The third kappa shape index (κ3) is 2.63. The Morgan fingerprint density at radius 3 is 2.26 bits per heavy atom. The molecule has 3 nitrogen and oxygen atoms in total. The van der Waals surface area contributed by atoms with E-state index in [1.165, 1.54) is 12.1 Å². The summed E-state index contributed by atoms with van der Waals surface area (Å²) >= 11 is 5.78. The van der Waals surface area contributed by atoms with Gasteiger partial charge in [-0.05, 0) is 18.1 Å². The van der Waals surface area contributed by atoms with E-state index in [4.69, 9.17) is 11.6 Å². The fraction of sp³-hybridized carbons (Fsp3) is 0.222. The molecule has 0 fully saturated rings. The van der Waals surface area contributed by atoms with E-state index in [1.54, 1.807) is 24.3 Å². The first-order chi connectivity index (χ1) is 11.0. The average Bonchev–Trinajstić information content (AvgIpc) is 2.58. The summed E-state index contributed by atoms with van der Waals surface area (Å²) in [6, 6.07) is 9.20. The SMILES string of the molecule is C[C@H](CCl)CNc1ccc(F)c2c1C(=O)c1ccccc1C2=O. The van der Waals surface area contributed by atoms with Crippen molar-refractivity contribution in [2.24, 2.45) is 5.92 Å². The minimum atomic E-state index is -0.677. The van der Waals surface area contributed by atoms with E-state index in [2.05, 4.69) is 5.32 Å². The molecule has 2 aromatic carbocycles. The summed E-state index contributed by atoms with van der Waals surface area (Å²) in [7, 11) is 0. The number of carbonyl (C=O) groups is 2. The number of nitrogens with one attached hydrogen (secondary N) is 1. The Balaban J connectivity index is 2.11. The first kappa shape index (κ1) is 15.7. The number of benzene rings is 2. The number of anilines is 1. The van der Waals surface area contributed by atoms with Crippen molar-refractivity contribution in [2.45, 2.75) is 6.92 Å². The van der Waals surface area contributed by atoms with Crippen molar-refractivity contribution >= 4 is 28.9 Å². The lowest BCUT2D eigenvalue weighted by molar-refractivity contribution is 0.0976. The predicted molar refractivity (Wildman–Crippen MR) is 88.1 cm³/mol. The minimum Gasteiger partial charge on any atom is -0.384 e. The molecule has 0 saturated carbocycles. The van der Waals surface area contributed by atoms with Gasteiger partial charge in [0.05, 0.1) is 11.1 Å². The van der Waals surface area contributed by atoms with Crippen LogP contribution < -0.4 is 5.32 Å². The summed E-state index contributed by atoms with van der Waals surface area (Å²) in [5.41, 5.74) is 0.970. The quantitative estimate of drug-likeness (QED) is 0.738. The molecule has 118 valence electrons. The van der Waals surface area contributed by atoms with Gasteiger partial charge in [0, 0.05) is 29.2 Å². The van der Waals surface area contributed by atoms with Gasteiger partial charge in [-0.15, -0.1) is 11.6 Å². The Hall–Kier alpha value is -2.20. The molecule has 0 heterocycles. The maximum atomic E-state index is 14.2. The van der Waals surface area contributed by atoms with Gasteiger partial charge >= 0.3 is 0 Å². The van der Waals surface area contributed by atoms with E-state index in [9.17, 15) is 14.0 Å². The van der Waals surface area contributed by atoms with Crippen LogP contribution in [0.3, 0.4) is 0 Å². The van der Waals surface area contributed by atoms with Crippen LogP contribution in [0.15, 0.2) is 36.4 Å². The predicted octanol–water partition coefficient (Wildman–Crippen LogP) is 3.89. The monoisotopic (exact) mass is 331 g/mol. The Labute approximate surface area is 138 Å². The molecule has 0 bridgehead atoms. The molecule has 2 aromatic rings. The standard InChI is InChI=1S/C18H15ClFNO2/c1-10(8-19)9-21-14-7-6-13(20)15-16(14)18(23)12-5-3-2-4-11(12)17(15)22/h2-7,10,21H,8-9H2,1H3/t10-/m1/s1. The molecule has 0 aromatic heterocycles. The highest BCUT2D eigenvalue weighted by Crippen LogP contribution is 2.33. The van der Waals surface area contributed by atoms with Crippen LogP contribution in [-0.2, 0) is 0 Å². The van der Waals surface area contributed by atoms with Gasteiger partial charge in [-0.3, -0.25) is 9.59 Å². The molecule has 5 heteroatoms. The lowest BCUT2D eigenvalue weighted by atomic mass is 9.83. The molecular formula is C18H15ClFNO2. The zero-order valence-electron chi connectivity index (χ0n) is 12.5. The highest BCUT2D eigenvalue weighted by Gasteiger charge is 2.33. The lowest BCUT2D eigenvalue weighted by Crippen LogP contribution is -2.25. The smallest absolute Gasteiger partial charge is 0.197 e. The Kier molecular flexibility index (Phi) is 4.18. The summed E-state index contributed by atoms with van der Waals surface area (Å²) in [4.78, 5) is 25.3. The van der Waals surface area contributed by atoms with Gasteiger partial charge in [0.25, 0.3) is 0 Å². The molecule has 1 atom stereocenters. The molecule has 1 N–H and O–H groups in total. The van der Waals surface area contributed by atoms with E-state index < -0.39 is 11.6 Å². The van der Waals surface area contributed by atoms with Gasteiger partial charge in [-0.2, -0.15) is 0 Å². The van der Waals surface area contributed by atoms with Crippen LogP contribution in [0.2, 0.25) is 0 Å². The topological polar surface area (TPSA) is 46.2 Å². The molecule has 23 heavy (non-hydrogen) atoms. The second kappa shape index (κ2) is 6.13. The zero-order valence-corrected chi connectivity index (χ0v) is 13.3. The minimum absolute atomic E-state index is 0.107. The normalized spacial score (nSPS) is 14.2. The number of alkyl halides is 1. The van der Waals surface area contributed by atoms with Crippen molar-refractivity contribution < 1.29 is 14.0 Å². The van der Waals surface area contributed by atoms with Gasteiger partial charge in [-0.25, -0.2) is 4.39 Å². The second-order valence-electron chi connectivity index (χ2n) is 5.69. The van der Waals surface area contributed by atoms with Crippen LogP contribution in [0, 0.1) is 11.7 Å². The third-order valence-electron chi connectivity index (χ3n) is 3.93. The van der Waals surface area contributed by atoms with Crippen LogP contribution in [0.4, 0.5) is 10.1 Å². The molecule has 0 spiro atoms. The van der Waals surface area contributed by atoms with E-state index in [-0.39, 0.29) is 28.4 Å². The molecule has 0 radical (unpaired) electrons. The fourth-order valence-corrected chi connectivity index (χ4v) is 2.78. The number of carbonyl (C=O) groups excluding carboxylic acids is 2. The van der Waals surface area contributed by atoms with Crippen molar-refractivity contribution in [1.29, 1.82) is 0 Å². The maximum absolute atomic E-state index is 14.2. The number of halogens is 2. The summed E-state index contributed by atoms with van der Waals surface area (Å²) in [5.74, 6) is -0.827. The van der Waals surface area contributed by atoms with Crippen molar-refractivity contribution in [2.75, 3.05) is 17.7 Å². The summed E-state index contributed by atoms with van der Waals surface area (Å²) in [5, 5.41) is 3.11. The van der Waals surface area contributed by atoms with Gasteiger partial charge in [-0.1, -0.05) is 31.2 Å². The van der Waals surface area contributed by atoms with Gasteiger partial charge in [0.2, 0.25) is 0 Å². The average molecular weight is 332 g/mol. The summed E-state index contributed by atoms with van der Waals surface area (Å²) < 4.78 is 14.2. The van der Waals surface area contributed by atoms with E-state index in [0.29, 0.717) is 23.7 Å². The largest absolute Gasteiger partial charge is 0.384 e. The van der Waals surface area contributed by atoms with Gasteiger partial charge in [0.15, 0.2) is 11.6 Å². The Morgan fingerprint density at radius 1 is 1.04 bits per heavy atom. The molecule has 1 aliphatic rings. The number of hydrogen-bond donors (Lipinski definition) is 1. The summed E-state index contributed by atoms with van der Waals surface area (Å²) in [6.07, 6.45) is 0. The molecule has 3 rings (SSSR count). The first-order valence-electron chi connectivity index (χ1n) is 7.35. The Morgan fingerprint density at radius 2 is 1.65 bits per heavy atom. The van der Waals surface area contributed by atoms with Crippen LogP contribution in [0.1, 0.15) is 38.8 Å². The van der Waals surface area contributed by atoms with Crippen LogP contribution in [-0.4, -0.2) is 24.0 Å². The molecule has 0 unspecified atom stereocenters. The fourth-order valence-electron chi connectivity index (χ4n) is 2.67. The van der Waals surface area contributed by atoms with Crippen molar-refractivity contribution in [3.63, 3.8) is 0 Å². The van der Waals surface area contributed by atoms with Crippen molar-refractivity contribution in [1.82, 2.24) is 0 Å². The van der Waals surface area contributed by atoms with Gasteiger partial charge in [0.1, 0.15) is 5.82 Å². The lowest BCUT2D eigenvalue weighted by Gasteiger charge is -2.22. The number of ketones is 2. The first-order valence-corrected chi connectivity index (χ1v) is 7.88. The number of rotatable bonds is 4. The van der Waals surface area contributed by atoms with Crippen molar-refractivity contribution in [3.8, 4) is 0 Å². The third-order valence-corrected chi connectivity index (χ3v) is 4.46. The molecule has 0 saturated heterocycles. The second-order valence-corrected chi connectivity index (χ2v) is 6.00. The number of fused-ring (bicyclic) bond motifs is 2. The molecule has 0 amide bonds. The molecular weight excluding hydrogens is 317 g/mol. The highest BCUT2D eigenvalue weighted by molar-refractivity contribution is 6.30. The van der Waals surface area contributed by atoms with E-state index in [0.717, 1.165) is 0 Å². The van der Waals surface area contributed by atoms with Crippen LogP contribution in [0.5, 0.6) is 0 Å². The number of hydrogen-bond acceptors (Lipinski definition) is 3. The van der Waals surface area contributed by atoms with Crippen molar-refractivity contribution in [3.05, 3.63) is 64.5 Å².